The number of carbonyl (C=O) groups is 1. The summed E-state index contributed by atoms with van der Waals surface area (Å²) in [5, 5.41) is 2.52. The number of thioether (sulfide) groups is 1. The zero-order valence-corrected chi connectivity index (χ0v) is 14.0. The van der Waals surface area contributed by atoms with Crippen molar-refractivity contribution in [2.45, 2.75) is 6.18 Å². The standard InChI is InChI=1S/C17H10ClF3N2OS/c18-11-6-7-13(12(9-11)17(19,20)21)22-16-23-15(24)14(25-16)8-10-4-2-1-3-5-10/h1-9H,(H,22,23,24). The lowest BCUT2D eigenvalue weighted by atomic mass is 10.2. The van der Waals surface area contributed by atoms with Crippen molar-refractivity contribution in [2.75, 3.05) is 0 Å². The van der Waals surface area contributed by atoms with Crippen molar-refractivity contribution in [3.8, 4) is 0 Å². The highest BCUT2D eigenvalue weighted by Gasteiger charge is 2.34. The Morgan fingerprint density at radius 3 is 2.52 bits per heavy atom. The maximum atomic E-state index is 13.1. The second kappa shape index (κ2) is 6.93. The number of alkyl halides is 3. The van der Waals surface area contributed by atoms with Crippen LogP contribution in [0.4, 0.5) is 18.9 Å². The maximum Gasteiger partial charge on any atom is 0.418 e. The molecule has 0 radical (unpaired) electrons. The van der Waals surface area contributed by atoms with Crippen molar-refractivity contribution >= 4 is 46.2 Å². The van der Waals surface area contributed by atoms with Crippen LogP contribution in [0, 0.1) is 0 Å². The Morgan fingerprint density at radius 1 is 1.12 bits per heavy atom. The lowest BCUT2D eigenvalue weighted by molar-refractivity contribution is -0.137. The molecule has 3 rings (SSSR count). The van der Waals surface area contributed by atoms with Gasteiger partial charge in [-0.25, -0.2) is 4.99 Å². The summed E-state index contributed by atoms with van der Waals surface area (Å²) in [6.45, 7) is 0. The summed E-state index contributed by atoms with van der Waals surface area (Å²) in [4.78, 5) is 16.3. The smallest absolute Gasteiger partial charge is 0.300 e. The predicted octanol–water partition coefficient (Wildman–Crippen LogP) is 5.25. The summed E-state index contributed by atoms with van der Waals surface area (Å²) < 4.78 is 39.3. The number of carbonyl (C=O) groups excluding carboxylic acids is 1. The third kappa shape index (κ3) is 4.24. The third-order valence-corrected chi connectivity index (χ3v) is 4.38. The van der Waals surface area contributed by atoms with Crippen LogP contribution in [0.3, 0.4) is 0 Å². The molecule has 0 saturated carbocycles. The molecule has 2 aromatic carbocycles. The molecule has 1 saturated heterocycles. The quantitative estimate of drug-likeness (QED) is 0.721. The van der Waals surface area contributed by atoms with Gasteiger partial charge in [0.25, 0.3) is 5.91 Å². The van der Waals surface area contributed by atoms with E-state index in [-0.39, 0.29) is 15.9 Å². The molecule has 8 heteroatoms. The largest absolute Gasteiger partial charge is 0.418 e. The van der Waals surface area contributed by atoms with Gasteiger partial charge < -0.3 is 5.32 Å². The van der Waals surface area contributed by atoms with Crippen LogP contribution in [0.2, 0.25) is 5.02 Å². The van der Waals surface area contributed by atoms with Crippen molar-refractivity contribution in [2.24, 2.45) is 4.99 Å². The Morgan fingerprint density at radius 2 is 1.84 bits per heavy atom. The van der Waals surface area contributed by atoms with Crippen molar-refractivity contribution < 1.29 is 18.0 Å². The molecule has 128 valence electrons. The number of amidine groups is 1. The molecule has 3 nitrogen and oxygen atoms in total. The summed E-state index contributed by atoms with van der Waals surface area (Å²) in [6, 6.07) is 12.4. The van der Waals surface area contributed by atoms with E-state index < -0.39 is 17.6 Å². The van der Waals surface area contributed by atoms with Gasteiger partial charge in [0.05, 0.1) is 16.2 Å². The Labute approximate surface area is 150 Å². The van der Waals surface area contributed by atoms with E-state index in [0.29, 0.717) is 4.91 Å². The van der Waals surface area contributed by atoms with Crippen LogP contribution < -0.4 is 5.32 Å². The molecule has 0 atom stereocenters. The van der Waals surface area contributed by atoms with Crippen molar-refractivity contribution in [3.63, 3.8) is 0 Å². The van der Waals surface area contributed by atoms with Crippen molar-refractivity contribution in [3.05, 3.63) is 69.6 Å². The number of benzene rings is 2. The highest BCUT2D eigenvalue weighted by molar-refractivity contribution is 8.18. The average Bonchev–Trinajstić information content (AvgIpc) is 2.88. The average molecular weight is 383 g/mol. The van der Waals surface area contributed by atoms with E-state index in [4.69, 9.17) is 11.6 Å². The zero-order chi connectivity index (χ0) is 18.0. The van der Waals surface area contributed by atoms with E-state index in [9.17, 15) is 18.0 Å². The molecule has 1 aliphatic rings. The number of halogens is 4. The van der Waals surface area contributed by atoms with Crippen LogP contribution in [0.25, 0.3) is 6.08 Å². The van der Waals surface area contributed by atoms with Crippen LogP contribution in [-0.2, 0) is 11.0 Å². The first-order chi connectivity index (χ1) is 11.8. The van der Waals surface area contributed by atoms with E-state index >= 15 is 0 Å². The number of nitrogens with one attached hydrogen (secondary N) is 1. The van der Waals surface area contributed by atoms with Gasteiger partial charge in [0.2, 0.25) is 0 Å². The van der Waals surface area contributed by atoms with Crippen LogP contribution in [-0.4, -0.2) is 11.1 Å². The monoisotopic (exact) mass is 382 g/mol. The summed E-state index contributed by atoms with van der Waals surface area (Å²) in [7, 11) is 0. The fourth-order valence-electron chi connectivity index (χ4n) is 2.12. The van der Waals surface area contributed by atoms with E-state index in [2.05, 4.69) is 10.3 Å². The highest BCUT2D eigenvalue weighted by atomic mass is 35.5. The molecule has 0 spiro atoms. The van der Waals surface area contributed by atoms with Gasteiger partial charge in [0, 0.05) is 5.02 Å². The number of aliphatic imine (C=N–C) groups is 1. The van der Waals surface area contributed by atoms with Gasteiger partial charge in [0.1, 0.15) is 0 Å². The molecule has 25 heavy (non-hydrogen) atoms. The van der Waals surface area contributed by atoms with E-state index in [1.807, 2.05) is 30.3 Å². The third-order valence-electron chi connectivity index (χ3n) is 3.23. The minimum Gasteiger partial charge on any atom is -0.300 e. The summed E-state index contributed by atoms with van der Waals surface area (Å²) >= 11 is 6.63. The van der Waals surface area contributed by atoms with Crippen LogP contribution in [0.15, 0.2) is 58.4 Å². The molecule has 1 amide bonds. The van der Waals surface area contributed by atoms with E-state index in [1.165, 1.54) is 12.1 Å². The molecule has 2 aromatic rings. The number of amides is 1. The fourth-order valence-corrected chi connectivity index (χ4v) is 3.13. The molecule has 0 aromatic heterocycles. The molecule has 1 fully saturated rings. The van der Waals surface area contributed by atoms with Crippen LogP contribution >= 0.6 is 23.4 Å². The second-order valence-electron chi connectivity index (χ2n) is 5.05. The van der Waals surface area contributed by atoms with Gasteiger partial charge in [-0.3, -0.25) is 4.79 Å². The fraction of sp³-hybridized carbons (Fsp3) is 0.0588. The minimum atomic E-state index is -4.60. The molecule has 0 aliphatic carbocycles. The first-order valence-electron chi connectivity index (χ1n) is 7.04. The van der Waals surface area contributed by atoms with Crippen LogP contribution in [0.5, 0.6) is 0 Å². The lowest BCUT2D eigenvalue weighted by Crippen LogP contribution is -2.19. The molecule has 1 heterocycles. The molecule has 1 N–H and O–H groups in total. The number of rotatable bonds is 2. The van der Waals surface area contributed by atoms with Gasteiger partial charge in [-0.1, -0.05) is 41.9 Å². The Kier molecular flexibility index (Phi) is 4.87. The van der Waals surface area contributed by atoms with Gasteiger partial charge in [0.15, 0.2) is 5.17 Å². The van der Waals surface area contributed by atoms with Gasteiger partial charge in [-0.15, -0.1) is 0 Å². The SMILES string of the molecule is O=C1NC(=Nc2ccc(Cl)cc2C(F)(F)F)SC1=Cc1ccccc1. The first kappa shape index (κ1) is 17.6. The maximum absolute atomic E-state index is 13.1. The Bertz CT molecular complexity index is 879. The molecular weight excluding hydrogens is 373 g/mol. The van der Waals surface area contributed by atoms with E-state index in [1.54, 1.807) is 6.08 Å². The number of hydrogen-bond acceptors (Lipinski definition) is 3. The van der Waals surface area contributed by atoms with Gasteiger partial charge in [-0.05, 0) is 41.6 Å². The number of nitrogens with zero attached hydrogens (tertiary/aromatic N) is 1. The summed E-state index contributed by atoms with van der Waals surface area (Å²) in [5.41, 5.74) is -0.452. The number of hydrogen-bond donors (Lipinski definition) is 1. The lowest BCUT2D eigenvalue weighted by Gasteiger charge is -2.10. The highest BCUT2D eigenvalue weighted by Crippen LogP contribution is 2.39. The Balaban J connectivity index is 1.92. The first-order valence-corrected chi connectivity index (χ1v) is 8.24. The van der Waals surface area contributed by atoms with Gasteiger partial charge >= 0.3 is 6.18 Å². The zero-order valence-electron chi connectivity index (χ0n) is 12.5. The minimum absolute atomic E-state index is 0.0379. The molecule has 1 aliphatic heterocycles. The normalized spacial score (nSPS) is 18.0. The molecule has 0 unspecified atom stereocenters. The van der Waals surface area contributed by atoms with Crippen molar-refractivity contribution in [1.82, 2.24) is 5.32 Å². The predicted molar refractivity (Wildman–Crippen MR) is 93.7 cm³/mol. The van der Waals surface area contributed by atoms with Crippen molar-refractivity contribution in [1.29, 1.82) is 0 Å². The summed E-state index contributed by atoms with van der Waals surface area (Å²) in [6.07, 6.45) is -2.95. The molecule has 0 bridgehead atoms. The second-order valence-corrected chi connectivity index (χ2v) is 6.52. The van der Waals surface area contributed by atoms with Gasteiger partial charge in [-0.2, -0.15) is 13.2 Å². The molecular formula is C17H10ClF3N2OS. The van der Waals surface area contributed by atoms with Crippen LogP contribution in [0.1, 0.15) is 11.1 Å². The topological polar surface area (TPSA) is 41.5 Å². The summed E-state index contributed by atoms with van der Waals surface area (Å²) in [5.74, 6) is -0.407. The Hall–Kier alpha value is -2.25. The van der Waals surface area contributed by atoms with E-state index in [0.717, 1.165) is 23.4 Å².